The van der Waals surface area contributed by atoms with Crippen LogP contribution in [0.25, 0.3) is 0 Å². The number of nitrogens with one attached hydrogen (secondary N) is 2. The highest BCUT2D eigenvalue weighted by Gasteiger charge is 2.45. The molecular formula is C58H75ClF4N10O4. The highest BCUT2D eigenvalue weighted by Crippen LogP contribution is 2.45. The second-order valence-corrected chi connectivity index (χ2v) is 23.3. The number of pyridine rings is 2. The van der Waals surface area contributed by atoms with Crippen LogP contribution in [0.15, 0.2) is 73.1 Å². The Hall–Kier alpha value is -5.53. The van der Waals surface area contributed by atoms with Crippen LogP contribution in [-0.2, 0) is 45.4 Å². The molecule has 0 aliphatic carbocycles. The summed E-state index contributed by atoms with van der Waals surface area (Å²) in [6.07, 6.45) is 3.16. The largest absolute Gasteiger partial charge is 0.333 e. The highest BCUT2D eigenvalue weighted by molar-refractivity contribution is 6.00. The van der Waals surface area contributed by atoms with E-state index in [0.29, 0.717) is 89.7 Å². The van der Waals surface area contributed by atoms with Gasteiger partial charge in [-0.25, -0.2) is 0 Å². The number of carbonyl (C=O) groups is 4. The van der Waals surface area contributed by atoms with Gasteiger partial charge < -0.3 is 30.2 Å². The van der Waals surface area contributed by atoms with Crippen LogP contribution < -0.4 is 20.4 Å². The second kappa shape index (κ2) is 22.7. The van der Waals surface area contributed by atoms with Crippen LogP contribution in [-0.4, -0.2) is 143 Å². The maximum atomic E-state index is 14.7. The van der Waals surface area contributed by atoms with Gasteiger partial charge in [0.1, 0.15) is 11.4 Å². The molecule has 10 rings (SSSR count). The molecule has 0 saturated carbocycles. The fourth-order valence-electron chi connectivity index (χ4n) is 12.0. The highest BCUT2D eigenvalue weighted by atomic mass is 35.5. The van der Waals surface area contributed by atoms with Crippen molar-refractivity contribution < 1.29 is 36.7 Å². The zero-order valence-electron chi connectivity index (χ0n) is 45.7. The molecule has 2 aromatic heterocycles. The Kier molecular flexibility index (Phi) is 17.0. The molecule has 6 aliphatic rings. The fraction of sp³-hybridized carbons (Fsp3) is 0.552. The second-order valence-electron chi connectivity index (χ2n) is 23.3. The summed E-state index contributed by atoms with van der Waals surface area (Å²) in [6, 6.07) is 18.5. The van der Waals surface area contributed by atoms with Crippen molar-refractivity contribution in [1.29, 1.82) is 0 Å². The first-order valence-corrected chi connectivity index (χ1v) is 27.1. The van der Waals surface area contributed by atoms with Crippen molar-refractivity contribution in [2.75, 3.05) is 75.2 Å². The average molecular weight is 1090 g/mol. The third-order valence-electron chi connectivity index (χ3n) is 16.2. The third kappa shape index (κ3) is 11.9. The first kappa shape index (κ1) is 57.6. The number of anilines is 2. The van der Waals surface area contributed by atoms with Gasteiger partial charge in [0.25, 0.3) is 23.7 Å². The summed E-state index contributed by atoms with van der Waals surface area (Å²) in [7, 11) is 0. The van der Waals surface area contributed by atoms with Crippen molar-refractivity contribution in [2.24, 2.45) is 0 Å². The van der Waals surface area contributed by atoms with Crippen LogP contribution in [0.4, 0.5) is 28.9 Å². The van der Waals surface area contributed by atoms with Crippen molar-refractivity contribution in [1.82, 2.24) is 40.2 Å². The number of fused-ring (bicyclic) bond motifs is 4. The number of aromatic nitrogens is 2. The minimum Gasteiger partial charge on any atom is -0.333 e. The van der Waals surface area contributed by atoms with Gasteiger partial charge in [-0.2, -0.15) is 17.6 Å². The normalized spacial score (nSPS) is 22.8. The number of amides is 4. The molecule has 77 heavy (non-hydrogen) atoms. The number of benzene rings is 2. The van der Waals surface area contributed by atoms with E-state index < -0.39 is 11.8 Å². The molecular weight excluding hydrogens is 1010 g/mol. The molecule has 4 aromatic rings. The predicted octanol–water partition coefficient (Wildman–Crippen LogP) is 8.25. The summed E-state index contributed by atoms with van der Waals surface area (Å²) < 4.78 is 58.9. The van der Waals surface area contributed by atoms with E-state index in [0.717, 1.165) is 33.4 Å². The van der Waals surface area contributed by atoms with Crippen molar-refractivity contribution in [3.8, 4) is 0 Å². The number of halogens is 5. The number of rotatable bonds is 14. The van der Waals surface area contributed by atoms with Gasteiger partial charge in [0.05, 0.1) is 24.5 Å². The molecule has 2 aromatic carbocycles. The van der Waals surface area contributed by atoms with E-state index in [2.05, 4.69) is 44.2 Å². The number of carbonyl (C=O) groups excluding carboxylic acids is 4. The molecule has 0 radical (unpaired) electrons. The van der Waals surface area contributed by atoms with Gasteiger partial charge in [-0.15, -0.1) is 12.4 Å². The molecule has 416 valence electrons. The summed E-state index contributed by atoms with van der Waals surface area (Å²) in [6.45, 7) is 21.6. The number of nitrogens with zero attached hydrogens (tertiary/aromatic N) is 8. The third-order valence-corrected chi connectivity index (χ3v) is 16.2. The molecule has 6 aliphatic heterocycles. The molecule has 0 bridgehead atoms. The van der Waals surface area contributed by atoms with E-state index >= 15 is 0 Å². The molecule has 8 heterocycles. The summed E-state index contributed by atoms with van der Waals surface area (Å²) in [5.41, 5.74) is 4.89. The quantitative estimate of drug-likeness (QED) is 0.119. The minimum atomic E-state index is -3.04. The Morgan fingerprint density at radius 1 is 0.636 bits per heavy atom. The molecule has 2 saturated heterocycles. The lowest BCUT2D eigenvalue weighted by Gasteiger charge is -2.41. The molecule has 4 amide bonds. The Morgan fingerprint density at radius 2 is 1.01 bits per heavy atom. The van der Waals surface area contributed by atoms with Gasteiger partial charge in [-0.1, -0.05) is 90.8 Å². The smallest absolute Gasteiger partial charge is 0.289 e. The molecule has 4 atom stereocenters. The molecule has 0 spiro atoms. The van der Waals surface area contributed by atoms with Crippen LogP contribution in [0.2, 0.25) is 0 Å². The van der Waals surface area contributed by atoms with Gasteiger partial charge in [0.15, 0.2) is 0 Å². The van der Waals surface area contributed by atoms with E-state index in [1.54, 1.807) is 23.6 Å². The molecule has 2 N–H and O–H groups in total. The van der Waals surface area contributed by atoms with E-state index in [9.17, 15) is 36.7 Å². The first-order valence-electron chi connectivity index (χ1n) is 27.1. The molecule has 14 nitrogen and oxygen atoms in total. The monoisotopic (exact) mass is 1090 g/mol. The van der Waals surface area contributed by atoms with Gasteiger partial charge in [0.2, 0.25) is 11.8 Å². The zero-order valence-corrected chi connectivity index (χ0v) is 46.5. The Morgan fingerprint density at radius 3 is 1.38 bits per heavy atom. The maximum absolute atomic E-state index is 14.7. The minimum absolute atomic E-state index is 0. The Bertz CT molecular complexity index is 2660. The Labute approximate surface area is 456 Å². The predicted molar refractivity (Wildman–Crippen MR) is 292 cm³/mol. The lowest BCUT2D eigenvalue weighted by Crippen LogP contribution is -2.60. The first-order chi connectivity index (χ1) is 36.0. The summed E-state index contributed by atoms with van der Waals surface area (Å²) >= 11 is 0. The molecule has 0 unspecified atom stereocenters. The van der Waals surface area contributed by atoms with Gasteiger partial charge >= 0.3 is 0 Å². The number of hydrogen-bond donors (Lipinski definition) is 2. The van der Waals surface area contributed by atoms with Crippen molar-refractivity contribution >= 4 is 47.4 Å². The van der Waals surface area contributed by atoms with Crippen LogP contribution in [0.1, 0.15) is 135 Å². The van der Waals surface area contributed by atoms with E-state index in [4.69, 9.17) is 0 Å². The SMILES string of the molecule is CCCC(F)(F)c1cc2c(cn1)C(C)(C)CN2C(=O)CN1C[C@@H](C)NC[C@@H]1CN1Cc2ccccc2C1=O.CCCC(F)(F)c1cc2c(cn1)C(C)(C)CN2C(=O)CN1C[C@@H](C)NC[C@@H]1CN1Cc2ccccc2C1=O.Cl. The average Bonchev–Trinajstić information content (AvgIpc) is 4.07. The standard InChI is InChI=1S/2C29H37F2N5O2.ClH/c2*1-5-10-29(30,31)25-11-24-23(13-33-25)28(3,4)18-36(24)26(37)17-34-14-19(2)32-12-21(34)16-35-15-20-8-6-7-9-22(20)27(35)38;/h2*6-9,11,13,19,21,32H,5,10,12,14-18H2,1-4H3;1H/t2*19-,21-;/m11./s1. The van der Waals surface area contributed by atoms with Crippen LogP contribution in [0.5, 0.6) is 0 Å². The van der Waals surface area contributed by atoms with E-state index in [1.807, 2.05) is 86.0 Å². The summed E-state index contributed by atoms with van der Waals surface area (Å²) in [5.74, 6) is -6.28. The zero-order chi connectivity index (χ0) is 54.5. The van der Waals surface area contributed by atoms with Crippen molar-refractivity contribution in [2.45, 2.75) is 141 Å². The number of piperazine rings is 2. The lowest BCUT2D eigenvalue weighted by atomic mass is 9.88. The van der Waals surface area contributed by atoms with Gasteiger partial charge in [-0.05, 0) is 49.2 Å². The van der Waals surface area contributed by atoms with E-state index in [1.165, 1.54) is 24.5 Å². The fourth-order valence-corrected chi connectivity index (χ4v) is 12.0. The van der Waals surface area contributed by atoms with Crippen LogP contribution >= 0.6 is 12.4 Å². The van der Waals surface area contributed by atoms with Gasteiger partial charge in [-0.3, -0.25) is 38.9 Å². The number of alkyl halides is 4. The maximum Gasteiger partial charge on any atom is 0.289 e. The van der Waals surface area contributed by atoms with Crippen molar-refractivity contribution in [3.05, 3.63) is 118 Å². The molecule has 2 fully saturated rings. The molecule has 19 heteroatoms. The van der Waals surface area contributed by atoms with E-state index in [-0.39, 0.29) is 108 Å². The Balaban J connectivity index is 0.000000201. The summed E-state index contributed by atoms with van der Waals surface area (Å²) in [5, 5.41) is 6.97. The summed E-state index contributed by atoms with van der Waals surface area (Å²) in [4.78, 5) is 73.0. The lowest BCUT2D eigenvalue weighted by molar-refractivity contribution is -0.121. The number of hydrogen-bond acceptors (Lipinski definition) is 10. The van der Waals surface area contributed by atoms with Crippen LogP contribution in [0, 0.1) is 0 Å². The van der Waals surface area contributed by atoms with Crippen LogP contribution in [0.3, 0.4) is 0 Å². The van der Waals surface area contributed by atoms with Crippen molar-refractivity contribution in [3.63, 3.8) is 0 Å². The van der Waals surface area contributed by atoms with Gasteiger partial charge in [0, 0.05) is 148 Å². The topological polar surface area (TPSA) is 138 Å².